The summed E-state index contributed by atoms with van der Waals surface area (Å²) in [6, 6.07) is 12.3. The van der Waals surface area contributed by atoms with Gasteiger partial charge in [0.05, 0.1) is 18.9 Å². The summed E-state index contributed by atoms with van der Waals surface area (Å²) in [4.78, 5) is 4.79. The van der Waals surface area contributed by atoms with Crippen LogP contribution in [0, 0.1) is 13.8 Å². The SMILES string of the molecule is C/C=C/COc1cc(C)c(OCCCCOc2ccc(CC/C(C)=N/OC)cc2)c(C)c1. The molecule has 2 rings (SSSR count). The van der Waals surface area contributed by atoms with E-state index in [1.54, 1.807) is 7.11 Å². The summed E-state index contributed by atoms with van der Waals surface area (Å²) in [6.45, 7) is 10.0. The molecule has 5 nitrogen and oxygen atoms in total. The molecule has 0 spiro atoms. The monoisotopic (exact) mass is 439 g/mol. The molecule has 0 fully saturated rings. The summed E-state index contributed by atoms with van der Waals surface area (Å²) in [7, 11) is 1.57. The van der Waals surface area contributed by atoms with Crippen molar-refractivity contribution in [1.82, 2.24) is 0 Å². The summed E-state index contributed by atoms with van der Waals surface area (Å²) in [5, 5.41) is 3.94. The molecule has 0 unspecified atom stereocenters. The van der Waals surface area contributed by atoms with Gasteiger partial charge in [0.2, 0.25) is 0 Å². The quantitative estimate of drug-likeness (QED) is 0.147. The van der Waals surface area contributed by atoms with Crippen molar-refractivity contribution in [1.29, 1.82) is 0 Å². The Hall–Kier alpha value is -2.95. The van der Waals surface area contributed by atoms with E-state index in [4.69, 9.17) is 19.0 Å². The Bertz CT molecular complexity index is 849. The number of rotatable bonds is 14. The van der Waals surface area contributed by atoms with Crippen LogP contribution in [0.25, 0.3) is 0 Å². The minimum Gasteiger partial charge on any atom is -0.494 e. The molecule has 0 atom stereocenters. The van der Waals surface area contributed by atoms with Crippen LogP contribution in [0.2, 0.25) is 0 Å². The number of aryl methyl sites for hydroxylation is 3. The van der Waals surface area contributed by atoms with Crippen LogP contribution < -0.4 is 14.2 Å². The normalized spacial score (nSPS) is 11.6. The van der Waals surface area contributed by atoms with Crippen molar-refractivity contribution in [3.05, 3.63) is 65.2 Å². The van der Waals surface area contributed by atoms with Gasteiger partial charge in [-0.3, -0.25) is 0 Å². The molecule has 0 N–H and O–H groups in total. The fourth-order valence-electron chi connectivity index (χ4n) is 3.31. The minimum atomic E-state index is 0.585. The fraction of sp³-hybridized carbons (Fsp3) is 0.444. The number of hydrogen-bond donors (Lipinski definition) is 0. The third-order valence-corrected chi connectivity index (χ3v) is 5.02. The van der Waals surface area contributed by atoms with E-state index in [0.717, 1.165) is 59.8 Å². The molecule has 0 aliphatic heterocycles. The molecule has 2 aromatic rings. The van der Waals surface area contributed by atoms with Gasteiger partial charge in [-0.1, -0.05) is 29.4 Å². The third kappa shape index (κ3) is 9.04. The van der Waals surface area contributed by atoms with Gasteiger partial charge in [-0.25, -0.2) is 0 Å². The molecular weight excluding hydrogens is 402 g/mol. The zero-order valence-electron chi connectivity index (χ0n) is 20.1. The highest BCUT2D eigenvalue weighted by molar-refractivity contribution is 5.81. The Morgan fingerprint density at radius 3 is 2.19 bits per heavy atom. The van der Waals surface area contributed by atoms with E-state index < -0.39 is 0 Å². The standard InChI is InChI=1S/C27H37NO4/c1-6-7-16-31-26-19-21(2)27(22(3)20-26)32-18-9-8-17-30-25-14-12-24(13-15-25)11-10-23(4)28-29-5/h6-7,12-15,19-20H,8-11,16-18H2,1-5H3/b7-6+,28-23+. The average molecular weight is 440 g/mol. The lowest BCUT2D eigenvalue weighted by Crippen LogP contribution is -2.05. The Morgan fingerprint density at radius 2 is 1.56 bits per heavy atom. The topological polar surface area (TPSA) is 49.3 Å². The van der Waals surface area contributed by atoms with Crippen LogP contribution in [0.4, 0.5) is 0 Å². The fourth-order valence-corrected chi connectivity index (χ4v) is 3.31. The highest BCUT2D eigenvalue weighted by Gasteiger charge is 2.07. The number of oxime groups is 1. The van der Waals surface area contributed by atoms with Crippen LogP contribution in [-0.2, 0) is 11.3 Å². The van der Waals surface area contributed by atoms with Gasteiger partial charge >= 0.3 is 0 Å². The molecule has 0 heterocycles. The second-order valence-electron chi connectivity index (χ2n) is 7.82. The number of benzene rings is 2. The number of unbranched alkanes of at least 4 members (excludes halogenated alkanes) is 1. The number of nitrogens with zero attached hydrogens (tertiary/aromatic N) is 1. The molecule has 0 amide bonds. The van der Waals surface area contributed by atoms with Crippen LogP contribution >= 0.6 is 0 Å². The van der Waals surface area contributed by atoms with E-state index in [1.807, 2.05) is 50.3 Å². The highest BCUT2D eigenvalue weighted by atomic mass is 16.6. The zero-order valence-corrected chi connectivity index (χ0v) is 20.1. The summed E-state index contributed by atoms with van der Waals surface area (Å²) in [5.74, 6) is 2.73. The van der Waals surface area contributed by atoms with Gasteiger partial charge in [0.15, 0.2) is 0 Å². The van der Waals surface area contributed by atoms with Gasteiger partial charge in [-0.05, 0) is 94.3 Å². The van der Waals surface area contributed by atoms with Gasteiger partial charge in [0.25, 0.3) is 0 Å². The smallest absolute Gasteiger partial charge is 0.125 e. The first-order valence-electron chi connectivity index (χ1n) is 11.3. The van der Waals surface area contributed by atoms with E-state index >= 15 is 0 Å². The first kappa shape index (κ1) is 25.3. The molecule has 0 saturated carbocycles. The van der Waals surface area contributed by atoms with Gasteiger partial charge in [-0.15, -0.1) is 0 Å². The summed E-state index contributed by atoms with van der Waals surface area (Å²) in [5.41, 5.74) is 4.45. The maximum atomic E-state index is 6.04. The van der Waals surface area contributed by atoms with Gasteiger partial charge in [0, 0.05) is 0 Å². The summed E-state index contributed by atoms with van der Waals surface area (Å²) < 4.78 is 17.6. The molecule has 0 aromatic heterocycles. The Kier molecular flexibility index (Phi) is 11.2. The maximum Gasteiger partial charge on any atom is 0.125 e. The molecule has 5 heteroatoms. The molecule has 0 radical (unpaired) electrons. The van der Waals surface area contributed by atoms with Crippen molar-refractivity contribution in [2.45, 2.75) is 53.4 Å². The lowest BCUT2D eigenvalue weighted by atomic mass is 10.1. The van der Waals surface area contributed by atoms with E-state index in [0.29, 0.717) is 19.8 Å². The third-order valence-electron chi connectivity index (χ3n) is 5.02. The second kappa shape index (κ2) is 14.2. The van der Waals surface area contributed by atoms with Crippen molar-refractivity contribution in [3.63, 3.8) is 0 Å². The Labute approximate surface area is 193 Å². The van der Waals surface area contributed by atoms with E-state index in [-0.39, 0.29) is 0 Å². The molecule has 0 aliphatic rings. The number of ether oxygens (including phenoxy) is 3. The average Bonchev–Trinajstić information content (AvgIpc) is 2.77. The van der Waals surface area contributed by atoms with Gasteiger partial charge < -0.3 is 19.0 Å². The molecule has 32 heavy (non-hydrogen) atoms. The maximum absolute atomic E-state index is 6.04. The summed E-state index contributed by atoms with van der Waals surface area (Å²) >= 11 is 0. The molecule has 0 bridgehead atoms. The van der Waals surface area contributed by atoms with Crippen LogP contribution in [0.15, 0.2) is 53.7 Å². The second-order valence-corrected chi connectivity index (χ2v) is 7.82. The Morgan fingerprint density at radius 1 is 0.906 bits per heavy atom. The molecular formula is C27H37NO4. The Balaban J connectivity index is 1.67. The minimum absolute atomic E-state index is 0.585. The van der Waals surface area contributed by atoms with Crippen LogP contribution in [0.5, 0.6) is 17.2 Å². The van der Waals surface area contributed by atoms with E-state index in [2.05, 4.69) is 31.1 Å². The van der Waals surface area contributed by atoms with Gasteiger partial charge in [0.1, 0.15) is 31.0 Å². The van der Waals surface area contributed by atoms with Crippen LogP contribution in [-0.4, -0.2) is 32.6 Å². The lowest BCUT2D eigenvalue weighted by molar-refractivity contribution is 0.212. The van der Waals surface area contributed by atoms with Gasteiger partial charge in [-0.2, -0.15) is 0 Å². The van der Waals surface area contributed by atoms with E-state index in [9.17, 15) is 0 Å². The van der Waals surface area contributed by atoms with Crippen molar-refractivity contribution in [2.75, 3.05) is 26.9 Å². The van der Waals surface area contributed by atoms with E-state index in [1.165, 1.54) is 5.56 Å². The van der Waals surface area contributed by atoms with Crippen molar-refractivity contribution in [2.24, 2.45) is 5.16 Å². The predicted octanol–water partition coefficient (Wildman–Crippen LogP) is 6.45. The predicted molar refractivity (Wildman–Crippen MR) is 131 cm³/mol. The summed E-state index contributed by atoms with van der Waals surface area (Å²) in [6.07, 6.45) is 7.69. The van der Waals surface area contributed by atoms with Crippen molar-refractivity contribution in [3.8, 4) is 17.2 Å². The lowest BCUT2D eigenvalue weighted by Gasteiger charge is -2.14. The highest BCUT2D eigenvalue weighted by Crippen LogP contribution is 2.28. The zero-order chi connectivity index (χ0) is 23.2. The number of hydrogen-bond acceptors (Lipinski definition) is 5. The van der Waals surface area contributed by atoms with Crippen LogP contribution in [0.1, 0.15) is 49.8 Å². The van der Waals surface area contributed by atoms with Crippen molar-refractivity contribution < 1.29 is 19.0 Å². The first-order chi connectivity index (χ1) is 15.5. The largest absolute Gasteiger partial charge is 0.494 e. The van der Waals surface area contributed by atoms with Crippen molar-refractivity contribution >= 4 is 5.71 Å². The molecule has 0 saturated heterocycles. The molecule has 0 aliphatic carbocycles. The van der Waals surface area contributed by atoms with Crippen LogP contribution in [0.3, 0.4) is 0 Å². The molecule has 174 valence electrons. The number of allylic oxidation sites excluding steroid dienone is 1. The molecule has 2 aromatic carbocycles. The first-order valence-corrected chi connectivity index (χ1v) is 11.3.